The Morgan fingerprint density at radius 3 is 2.07 bits per heavy atom. The van der Waals surface area contributed by atoms with E-state index < -0.39 is 0 Å². The van der Waals surface area contributed by atoms with Gasteiger partial charge in [-0.05, 0) is 57.0 Å². The molecule has 0 bridgehead atoms. The molecule has 0 spiro atoms. The van der Waals surface area contributed by atoms with Crippen LogP contribution < -0.4 is 10.2 Å². The molecule has 0 radical (unpaired) electrons. The van der Waals surface area contributed by atoms with Gasteiger partial charge in [-0.15, -0.1) is 0 Å². The van der Waals surface area contributed by atoms with Crippen LogP contribution in [0.15, 0.2) is 59.5 Å². The highest BCUT2D eigenvalue weighted by Crippen LogP contribution is 2.26. The van der Waals surface area contributed by atoms with Crippen LogP contribution in [0.5, 0.6) is 0 Å². The first kappa shape index (κ1) is 19.7. The van der Waals surface area contributed by atoms with Crippen molar-refractivity contribution in [1.82, 2.24) is 14.3 Å². The Balaban J connectivity index is 1.39. The van der Waals surface area contributed by atoms with Crippen LogP contribution in [0.3, 0.4) is 0 Å². The maximum atomic E-state index is 4.77. The fraction of sp³-hybridized carbons (Fsp3) is 0.304. The van der Waals surface area contributed by atoms with Gasteiger partial charge in [-0.1, -0.05) is 35.4 Å². The van der Waals surface area contributed by atoms with Crippen LogP contribution in [0.1, 0.15) is 16.8 Å². The molecule has 6 heteroatoms. The molecule has 1 aliphatic heterocycles. The van der Waals surface area contributed by atoms with Gasteiger partial charge >= 0.3 is 0 Å². The van der Waals surface area contributed by atoms with Gasteiger partial charge in [0.15, 0.2) is 0 Å². The summed E-state index contributed by atoms with van der Waals surface area (Å²) in [6, 6.07) is 19.1. The number of aryl methyl sites for hydroxylation is 3. The largest absolute Gasteiger partial charge is 0.340 e. The van der Waals surface area contributed by atoms with E-state index in [1.165, 1.54) is 16.0 Å². The zero-order valence-electron chi connectivity index (χ0n) is 17.2. The maximum absolute atomic E-state index is 4.77. The summed E-state index contributed by atoms with van der Waals surface area (Å²) in [7, 11) is 0. The van der Waals surface area contributed by atoms with Crippen LogP contribution in [0.4, 0.5) is 17.5 Å². The Hall–Kier alpha value is -2.57. The number of nitrogens with one attached hydrogen (secondary N) is 1. The second-order valence-corrected chi connectivity index (χ2v) is 8.68. The molecule has 2 heterocycles. The van der Waals surface area contributed by atoms with Gasteiger partial charge in [-0.3, -0.25) is 0 Å². The molecule has 0 saturated carbocycles. The zero-order valence-corrected chi connectivity index (χ0v) is 18.0. The van der Waals surface area contributed by atoms with E-state index >= 15 is 0 Å². The average molecular weight is 406 g/mol. The number of anilines is 3. The highest BCUT2D eigenvalue weighted by atomic mass is 32.2. The summed E-state index contributed by atoms with van der Waals surface area (Å²) in [6.07, 6.45) is 0. The quantitative estimate of drug-likeness (QED) is 0.604. The van der Waals surface area contributed by atoms with Crippen LogP contribution in [0, 0.1) is 20.8 Å². The van der Waals surface area contributed by atoms with Gasteiger partial charge < -0.3 is 10.2 Å². The SMILES string of the molecule is Cc1ccc(Nc2cc(C)nc(N3CCN(Sc4ccc(C)cc4)CC3)n2)cc1. The van der Waals surface area contributed by atoms with Crippen LogP contribution >= 0.6 is 11.9 Å². The molecule has 3 aromatic rings. The molecular weight excluding hydrogens is 378 g/mol. The Morgan fingerprint density at radius 1 is 0.793 bits per heavy atom. The van der Waals surface area contributed by atoms with Crippen molar-refractivity contribution in [1.29, 1.82) is 0 Å². The normalized spacial score (nSPS) is 14.8. The van der Waals surface area contributed by atoms with E-state index in [2.05, 4.69) is 81.9 Å². The minimum Gasteiger partial charge on any atom is -0.340 e. The fourth-order valence-electron chi connectivity index (χ4n) is 3.27. The Kier molecular flexibility index (Phi) is 6.02. The van der Waals surface area contributed by atoms with E-state index in [1.807, 2.05) is 24.9 Å². The van der Waals surface area contributed by atoms with E-state index in [0.717, 1.165) is 49.3 Å². The fourth-order valence-corrected chi connectivity index (χ4v) is 4.17. The van der Waals surface area contributed by atoms with Gasteiger partial charge in [0.05, 0.1) is 0 Å². The third-order valence-electron chi connectivity index (χ3n) is 4.94. The molecule has 0 amide bonds. The number of nitrogens with zero attached hydrogens (tertiary/aromatic N) is 4. The Labute approximate surface area is 177 Å². The molecule has 1 N–H and O–H groups in total. The van der Waals surface area contributed by atoms with Crippen LogP contribution in [0.2, 0.25) is 0 Å². The second-order valence-electron chi connectivity index (χ2n) is 7.51. The standard InChI is InChI=1S/C23H27N5S/c1-17-4-8-20(9-5-17)25-22-16-19(3)24-23(26-22)27-12-14-28(15-13-27)29-21-10-6-18(2)7-11-21/h4-11,16H,12-15H2,1-3H3,(H,24,25,26). The first-order chi connectivity index (χ1) is 14.0. The summed E-state index contributed by atoms with van der Waals surface area (Å²) in [5.41, 5.74) is 4.56. The lowest BCUT2D eigenvalue weighted by atomic mass is 10.2. The summed E-state index contributed by atoms with van der Waals surface area (Å²) < 4.78 is 2.42. The highest BCUT2D eigenvalue weighted by Gasteiger charge is 2.20. The van der Waals surface area contributed by atoms with E-state index in [-0.39, 0.29) is 0 Å². The Morgan fingerprint density at radius 2 is 1.41 bits per heavy atom. The lowest BCUT2D eigenvalue weighted by Crippen LogP contribution is -2.44. The molecule has 1 aliphatic rings. The van der Waals surface area contributed by atoms with Crippen LogP contribution in [0.25, 0.3) is 0 Å². The molecule has 2 aromatic carbocycles. The number of rotatable bonds is 5. The van der Waals surface area contributed by atoms with Gasteiger partial charge in [-0.2, -0.15) is 4.98 Å². The first-order valence-electron chi connectivity index (χ1n) is 9.99. The number of piperazine rings is 1. The van der Waals surface area contributed by atoms with Crippen molar-refractivity contribution >= 4 is 29.4 Å². The van der Waals surface area contributed by atoms with Crippen molar-refractivity contribution in [2.24, 2.45) is 0 Å². The van der Waals surface area contributed by atoms with E-state index in [9.17, 15) is 0 Å². The lowest BCUT2D eigenvalue weighted by Gasteiger charge is -2.34. The van der Waals surface area contributed by atoms with Crippen molar-refractivity contribution in [2.45, 2.75) is 25.7 Å². The smallest absolute Gasteiger partial charge is 0.227 e. The zero-order chi connectivity index (χ0) is 20.2. The van der Waals surface area contributed by atoms with Gasteiger partial charge in [0.1, 0.15) is 5.82 Å². The lowest BCUT2D eigenvalue weighted by molar-refractivity contribution is 0.426. The van der Waals surface area contributed by atoms with Crippen LogP contribution in [-0.4, -0.2) is 40.5 Å². The van der Waals surface area contributed by atoms with Gasteiger partial charge in [0.25, 0.3) is 0 Å². The Bertz CT molecular complexity index is 948. The average Bonchev–Trinajstić information content (AvgIpc) is 2.72. The monoisotopic (exact) mass is 405 g/mol. The first-order valence-corrected chi connectivity index (χ1v) is 10.8. The highest BCUT2D eigenvalue weighted by molar-refractivity contribution is 7.97. The molecule has 0 aliphatic carbocycles. The molecule has 29 heavy (non-hydrogen) atoms. The summed E-state index contributed by atoms with van der Waals surface area (Å²) in [6.45, 7) is 10.0. The molecule has 5 nitrogen and oxygen atoms in total. The minimum atomic E-state index is 0.805. The van der Waals surface area contributed by atoms with Crippen molar-refractivity contribution in [3.63, 3.8) is 0 Å². The van der Waals surface area contributed by atoms with E-state index in [1.54, 1.807) is 0 Å². The van der Waals surface area contributed by atoms with Crippen molar-refractivity contribution in [2.75, 3.05) is 36.4 Å². The molecule has 1 fully saturated rings. The summed E-state index contributed by atoms with van der Waals surface area (Å²) >= 11 is 1.83. The molecule has 0 unspecified atom stereocenters. The van der Waals surface area contributed by atoms with E-state index in [0.29, 0.717) is 0 Å². The van der Waals surface area contributed by atoms with E-state index in [4.69, 9.17) is 4.98 Å². The predicted octanol–water partition coefficient (Wildman–Crippen LogP) is 4.97. The number of aromatic nitrogens is 2. The number of benzene rings is 2. The van der Waals surface area contributed by atoms with Gasteiger partial charge in [-0.25, -0.2) is 9.29 Å². The maximum Gasteiger partial charge on any atom is 0.227 e. The molecule has 1 saturated heterocycles. The second kappa shape index (κ2) is 8.84. The van der Waals surface area contributed by atoms with Crippen LogP contribution in [-0.2, 0) is 0 Å². The van der Waals surface area contributed by atoms with Crippen molar-refractivity contribution in [3.05, 3.63) is 71.4 Å². The van der Waals surface area contributed by atoms with Gasteiger partial charge in [0.2, 0.25) is 5.95 Å². The van der Waals surface area contributed by atoms with Crippen molar-refractivity contribution < 1.29 is 0 Å². The summed E-state index contributed by atoms with van der Waals surface area (Å²) in [5, 5.41) is 3.41. The summed E-state index contributed by atoms with van der Waals surface area (Å²) in [4.78, 5) is 13.0. The van der Waals surface area contributed by atoms with Crippen molar-refractivity contribution in [3.8, 4) is 0 Å². The minimum absolute atomic E-state index is 0.805. The molecular formula is C23H27N5S. The number of hydrogen-bond donors (Lipinski definition) is 1. The van der Waals surface area contributed by atoms with Gasteiger partial charge in [0, 0.05) is 48.5 Å². The molecule has 150 valence electrons. The predicted molar refractivity (Wildman–Crippen MR) is 122 cm³/mol. The number of hydrogen-bond acceptors (Lipinski definition) is 6. The molecule has 4 rings (SSSR count). The topological polar surface area (TPSA) is 44.3 Å². The third-order valence-corrected chi connectivity index (χ3v) is 6.05. The molecule has 1 aromatic heterocycles. The third kappa shape index (κ3) is 5.28. The summed E-state index contributed by atoms with van der Waals surface area (Å²) in [5.74, 6) is 1.65. The molecule has 0 atom stereocenters.